The fourth-order valence-corrected chi connectivity index (χ4v) is 1.61. The summed E-state index contributed by atoms with van der Waals surface area (Å²) in [6.45, 7) is 0. The van der Waals surface area contributed by atoms with Crippen LogP contribution in [0.5, 0.6) is 0 Å². The van der Waals surface area contributed by atoms with Crippen molar-refractivity contribution < 1.29 is 46.4 Å². The molecule has 0 N–H and O–H groups in total. The van der Waals surface area contributed by atoms with E-state index in [2.05, 4.69) is 4.98 Å². The summed E-state index contributed by atoms with van der Waals surface area (Å²) in [6.07, 6.45) is -8.54. The van der Waals surface area contributed by atoms with Crippen molar-refractivity contribution in [1.82, 2.24) is 4.98 Å². The molecule has 0 saturated heterocycles. The largest absolute Gasteiger partial charge is 0.381 e. The summed E-state index contributed by atoms with van der Waals surface area (Å²) < 4.78 is 76.1. The van der Waals surface area contributed by atoms with Gasteiger partial charge in [0.2, 0.25) is 0 Å². The predicted octanol–water partition coefficient (Wildman–Crippen LogP) is 4.58. The number of benzene rings is 1. The van der Waals surface area contributed by atoms with Crippen molar-refractivity contribution >= 4 is 0 Å². The second kappa shape index (κ2) is 6.15. The Morgan fingerprint density at radius 2 is 1.62 bits per heavy atom. The molecule has 0 unspecified atom stereocenters. The molecule has 0 bridgehead atoms. The Morgan fingerprint density at radius 1 is 0.952 bits per heavy atom. The van der Waals surface area contributed by atoms with Crippen molar-refractivity contribution in [3.63, 3.8) is 0 Å². The zero-order chi connectivity index (χ0) is 15.0. The van der Waals surface area contributed by atoms with Gasteiger partial charge in [-0.05, 0) is 22.9 Å². The van der Waals surface area contributed by atoms with Gasteiger partial charge in [0.1, 0.15) is 0 Å². The zero-order valence-corrected chi connectivity index (χ0v) is 12.4. The number of pyridine rings is 1. The minimum absolute atomic E-state index is 0. The molecule has 0 spiro atoms. The molecule has 0 aliphatic rings. The second-order valence-corrected chi connectivity index (χ2v) is 3.89. The monoisotopic (exact) mass is 483 g/mol. The molecule has 0 saturated carbocycles. The molecule has 8 heteroatoms. The van der Waals surface area contributed by atoms with Crippen molar-refractivity contribution in [3.8, 4) is 11.3 Å². The molecule has 115 valence electrons. The van der Waals surface area contributed by atoms with Crippen molar-refractivity contribution in [2.45, 2.75) is 12.4 Å². The summed E-state index contributed by atoms with van der Waals surface area (Å²) in [4.78, 5) is 3.70. The first-order valence-corrected chi connectivity index (χ1v) is 5.31. The second-order valence-electron chi connectivity index (χ2n) is 3.89. The normalized spacial score (nSPS) is 11.9. The molecular formula is C13H6F6IrN-. The third-order valence-corrected chi connectivity index (χ3v) is 2.49. The van der Waals surface area contributed by atoms with E-state index in [1.165, 1.54) is 24.4 Å². The van der Waals surface area contributed by atoms with E-state index in [-0.39, 0.29) is 31.9 Å². The maximum absolute atomic E-state index is 12.9. The number of halogens is 6. The van der Waals surface area contributed by atoms with Crippen LogP contribution in [0.15, 0.2) is 36.5 Å². The Balaban J connectivity index is 0.00000220. The van der Waals surface area contributed by atoms with Crippen molar-refractivity contribution in [2.75, 3.05) is 0 Å². The molecule has 1 nitrogen and oxygen atoms in total. The van der Waals surface area contributed by atoms with Crippen LogP contribution in [0.1, 0.15) is 11.1 Å². The summed E-state index contributed by atoms with van der Waals surface area (Å²) in [5, 5.41) is 0. The van der Waals surface area contributed by atoms with Gasteiger partial charge in [0.05, 0.1) is 0 Å². The predicted molar refractivity (Wildman–Crippen MR) is 58.5 cm³/mol. The number of hydrogen-bond donors (Lipinski definition) is 0. The van der Waals surface area contributed by atoms with Crippen LogP contribution in [-0.4, -0.2) is 4.98 Å². The maximum Gasteiger partial charge on any atom is 0.381 e. The Kier molecular flexibility index (Phi) is 5.17. The molecule has 1 radical (unpaired) electrons. The molecule has 0 amide bonds. The minimum atomic E-state index is -4.93. The molecule has 1 aromatic heterocycles. The van der Waals surface area contributed by atoms with Gasteiger partial charge in [0.25, 0.3) is 0 Å². The quantitative estimate of drug-likeness (QED) is 0.428. The van der Waals surface area contributed by atoms with Gasteiger partial charge in [-0.1, -0.05) is 12.1 Å². The van der Waals surface area contributed by atoms with E-state index < -0.39 is 29.0 Å². The van der Waals surface area contributed by atoms with Gasteiger partial charge in [-0.3, -0.25) is 0 Å². The SMILES string of the molecule is FC(F)(F)c1c[c-]c(-c2ccccn2)c(C(F)(F)F)c1.[Ir]. The van der Waals surface area contributed by atoms with Crippen LogP contribution in [-0.2, 0) is 32.5 Å². The van der Waals surface area contributed by atoms with Crippen molar-refractivity contribution in [3.05, 3.63) is 53.7 Å². The van der Waals surface area contributed by atoms with Crippen LogP contribution in [0, 0.1) is 6.07 Å². The molecule has 21 heavy (non-hydrogen) atoms. The first-order valence-electron chi connectivity index (χ1n) is 5.31. The van der Waals surface area contributed by atoms with E-state index in [0.29, 0.717) is 6.07 Å². The molecule has 0 aliphatic carbocycles. The van der Waals surface area contributed by atoms with Gasteiger partial charge in [0, 0.05) is 26.3 Å². The van der Waals surface area contributed by atoms with Gasteiger partial charge in [0.15, 0.2) is 0 Å². The Bertz CT molecular complexity index is 606. The average Bonchev–Trinajstić information content (AvgIpc) is 2.37. The standard InChI is InChI=1S/C13H6F6N.Ir/c14-12(15,16)8-4-5-9(10(7-8)13(17,18)19)11-3-1-2-6-20-11;/h1-4,6-7H;/q-1;. The molecule has 1 heterocycles. The number of rotatable bonds is 1. The average molecular weight is 482 g/mol. The van der Waals surface area contributed by atoms with E-state index in [9.17, 15) is 26.3 Å². The summed E-state index contributed by atoms with van der Waals surface area (Å²) in [6, 6.07) is 6.79. The molecular weight excluding hydrogens is 476 g/mol. The van der Waals surface area contributed by atoms with Crippen molar-refractivity contribution in [1.29, 1.82) is 0 Å². The van der Waals surface area contributed by atoms with Gasteiger partial charge >= 0.3 is 12.4 Å². The fraction of sp³-hybridized carbons (Fsp3) is 0.154. The molecule has 2 aromatic rings. The maximum atomic E-state index is 12.9. The topological polar surface area (TPSA) is 12.9 Å². The number of alkyl halides is 6. The fourth-order valence-electron chi connectivity index (χ4n) is 1.61. The van der Waals surface area contributed by atoms with Crippen LogP contribution < -0.4 is 0 Å². The molecule has 2 rings (SSSR count). The van der Waals surface area contributed by atoms with Gasteiger partial charge < -0.3 is 4.98 Å². The van der Waals surface area contributed by atoms with Crippen LogP contribution in [0.2, 0.25) is 0 Å². The smallest absolute Gasteiger partial charge is 0.305 e. The summed E-state index contributed by atoms with van der Waals surface area (Å²) in [5.74, 6) is 0. The van der Waals surface area contributed by atoms with Crippen LogP contribution in [0.25, 0.3) is 11.3 Å². The first kappa shape index (κ1) is 17.7. The van der Waals surface area contributed by atoms with Gasteiger partial charge in [-0.25, -0.2) is 0 Å². The van der Waals surface area contributed by atoms with Crippen molar-refractivity contribution in [2.24, 2.45) is 0 Å². The van der Waals surface area contributed by atoms with E-state index >= 15 is 0 Å². The molecule has 1 aromatic carbocycles. The summed E-state index contributed by atoms with van der Waals surface area (Å²) in [7, 11) is 0. The first-order chi connectivity index (χ1) is 9.19. The van der Waals surface area contributed by atoms with Crippen LogP contribution in [0.3, 0.4) is 0 Å². The van der Waals surface area contributed by atoms with E-state index in [1.54, 1.807) is 0 Å². The summed E-state index contributed by atoms with van der Waals surface area (Å²) in [5.41, 5.74) is -3.41. The van der Waals surface area contributed by atoms with E-state index in [4.69, 9.17) is 0 Å². The van der Waals surface area contributed by atoms with Gasteiger partial charge in [-0.15, -0.1) is 23.8 Å². The number of hydrogen-bond acceptors (Lipinski definition) is 1. The molecule has 0 atom stereocenters. The van der Waals surface area contributed by atoms with Gasteiger partial charge in [-0.2, -0.15) is 26.3 Å². The van der Waals surface area contributed by atoms with E-state index in [0.717, 1.165) is 0 Å². The third kappa shape index (κ3) is 4.04. The van der Waals surface area contributed by atoms with Crippen LogP contribution in [0.4, 0.5) is 26.3 Å². The Hall–Kier alpha value is -1.40. The number of nitrogens with zero attached hydrogens (tertiary/aromatic N) is 1. The Morgan fingerprint density at radius 3 is 2.10 bits per heavy atom. The third-order valence-electron chi connectivity index (χ3n) is 2.49. The van der Waals surface area contributed by atoms with E-state index in [1.807, 2.05) is 6.07 Å². The summed E-state index contributed by atoms with van der Waals surface area (Å²) >= 11 is 0. The number of aromatic nitrogens is 1. The van der Waals surface area contributed by atoms with Crippen LogP contribution >= 0.6 is 0 Å². The Labute approximate surface area is 129 Å². The minimum Gasteiger partial charge on any atom is -0.305 e. The molecule has 0 fully saturated rings. The zero-order valence-electron chi connectivity index (χ0n) is 10.0. The molecule has 0 aliphatic heterocycles.